The van der Waals surface area contributed by atoms with Gasteiger partial charge < -0.3 is 9.84 Å². The monoisotopic (exact) mass is 234 g/mol. The van der Waals surface area contributed by atoms with Crippen LogP contribution in [0, 0.1) is 5.82 Å². The standard InChI is InChI=1S/C13H15FN2O/c1-10(15-7-12-8-16-17-9-12)6-11-2-4-13(14)5-3-11/h2-5,8-10,15H,6-7H2,1H3. The van der Waals surface area contributed by atoms with Crippen LogP contribution in [0.4, 0.5) is 4.39 Å². The SMILES string of the molecule is CC(Cc1ccc(F)cc1)NCc1cnoc1. The predicted octanol–water partition coefficient (Wildman–Crippen LogP) is 2.53. The van der Waals surface area contributed by atoms with Crippen LogP contribution in [0.5, 0.6) is 0 Å². The molecule has 0 aliphatic rings. The first kappa shape index (κ1) is 11.8. The first-order chi connectivity index (χ1) is 8.24. The van der Waals surface area contributed by atoms with E-state index >= 15 is 0 Å². The van der Waals surface area contributed by atoms with Crippen LogP contribution in [0.25, 0.3) is 0 Å². The Morgan fingerprint density at radius 2 is 2.06 bits per heavy atom. The minimum Gasteiger partial charge on any atom is -0.364 e. The lowest BCUT2D eigenvalue weighted by atomic mass is 10.1. The van der Waals surface area contributed by atoms with E-state index in [0.717, 1.165) is 24.1 Å². The molecular weight excluding hydrogens is 219 g/mol. The van der Waals surface area contributed by atoms with E-state index in [1.807, 2.05) is 12.1 Å². The minimum absolute atomic E-state index is 0.196. The zero-order valence-electron chi connectivity index (χ0n) is 9.69. The molecule has 1 unspecified atom stereocenters. The third kappa shape index (κ3) is 3.67. The highest BCUT2D eigenvalue weighted by Gasteiger charge is 2.04. The molecule has 2 aromatic rings. The fraction of sp³-hybridized carbons (Fsp3) is 0.308. The van der Waals surface area contributed by atoms with Gasteiger partial charge in [-0.1, -0.05) is 17.3 Å². The smallest absolute Gasteiger partial charge is 0.128 e. The zero-order valence-corrected chi connectivity index (χ0v) is 9.69. The Balaban J connectivity index is 1.80. The van der Waals surface area contributed by atoms with Crippen LogP contribution in [-0.2, 0) is 13.0 Å². The molecule has 0 aliphatic heterocycles. The largest absolute Gasteiger partial charge is 0.364 e. The third-order valence-corrected chi connectivity index (χ3v) is 2.59. The van der Waals surface area contributed by atoms with E-state index in [1.165, 1.54) is 12.1 Å². The number of nitrogens with one attached hydrogen (secondary N) is 1. The molecule has 2 rings (SSSR count). The molecule has 17 heavy (non-hydrogen) atoms. The molecule has 1 heterocycles. The fourth-order valence-corrected chi connectivity index (χ4v) is 1.65. The molecule has 0 bridgehead atoms. The van der Waals surface area contributed by atoms with E-state index in [2.05, 4.69) is 17.4 Å². The van der Waals surface area contributed by atoms with Crippen molar-refractivity contribution in [3.63, 3.8) is 0 Å². The fourth-order valence-electron chi connectivity index (χ4n) is 1.65. The number of benzene rings is 1. The average Bonchev–Trinajstić information content (AvgIpc) is 2.83. The average molecular weight is 234 g/mol. The van der Waals surface area contributed by atoms with Crippen LogP contribution in [-0.4, -0.2) is 11.2 Å². The van der Waals surface area contributed by atoms with Crippen molar-refractivity contribution in [2.45, 2.75) is 25.9 Å². The van der Waals surface area contributed by atoms with Gasteiger partial charge in [-0.2, -0.15) is 0 Å². The molecule has 0 fully saturated rings. The molecule has 1 aromatic carbocycles. The molecule has 1 N–H and O–H groups in total. The van der Waals surface area contributed by atoms with Gasteiger partial charge in [0.2, 0.25) is 0 Å². The highest BCUT2D eigenvalue weighted by atomic mass is 19.1. The van der Waals surface area contributed by atoms with E-state index in [0.29, 0.717) is 6.04 Å². The summed E-state index contributed by atoms with van der Waals surface area (Å²) < 4.78 is 17.5. The Kier molecular flexibility index (Phi) is 3.88. The van der Waals surface area contributed by atoms with E-state index in [-0.39, 0.29) is 5.82 Å². The van der Waals surface area contributed by atoms with Crippen molar-refractivity contribution in [2.75, 3.05) is 0 Å². The molecule has 90 valence electrons. The molecule has 0 spiro atoms. The number of aromatic nitrogens is 1. The number of rotatable bonds is 5. The van der Waals surface area contributed by atoms with Gasteiger partial charge in [0.05, 0.1) is 6.20 Å². The number of hydrogen-bond acceptors (Lipinski definition) is 3. The predicted molar refractivity (Wildman–Crippen MR) is 62.9 cm³/mol. The van der Waals surface area contributed by atoms with E-state index < -0.39 is 0 Å². The lowest BCUT2D eigenvalue weighted by Gasteiger charge is -2.12. The highest BCUT2D eigenvalue weighted by Crippen LogP contribution is 2.06. The molecule has 0 aliphatic carbocycles. The van der Waals surface area contributed by atoms with Gasteiger partial charge in [-0.05, 0) is 31.0 Å². The van der Waals surface area contributed by atoms with Gasteiger partial charge in [-0.15, -0.1) is 0 Å². The van der Waals surface area contributed by atoms with Gasteiger partial charge in [0, 0.05) is 18.2 Å². The molecule has 0 radical (unpaired) electrons. The maximum Gasteiger partial charge on any atom is 0.128 e. The van der Waals surface area contributed by atoms with Crippen molar-refractivity contribution in [1.82, 2.24) is 10.5 Å². The van der Waals surface area contributed by atoms with Crippen LogP contribution in [0.2, 0.25) is 0 Å². The summed E-state index contributed by atoms with van der Waals surface area (Å²) in [6, 6.07) is 6.92. The summed E-state index contributed by atoms with van der Waals surface area (Å²) >= 11 is 0. The second kappa shape index (κ2) is 5.59. The van der Waals surface area contributed by atoms with E-state index in [9.17, 15) is 4.39 Å². The van der Waals surface area contributed by atoms with Crippen molar-refractivity contribution in [3.05, 3.63) is 53.7 Å². The summed E-state index contributed by atoms with van der Waals surface area (Å²) in [5.74, 6) is -0.196. The molecule has 3 nitrogen and oxygen atoms in total. The Morgan fingerprint density at radius 1 is 1.29 bits per heavy atom. The van der Waals surface area contributed by atoms with Crippen molar-refractivity contribution in [2.24, 2.45) is 0 Å². The Morgan fingerprint density at radius 3 is 2.71 bits per heavy atom. The van der Waals surface area contributed by atoms with Gasteiger partial charge in [-0.25, -0.2) is 4.39 Å². The summed E-state index contributed by atoms with van der Waals surface area (Å²) in [4.78, 5) is 0. The van der Waals surface area contributed by atoms with E-state index in [4.69, 9.17) is 4.52 Å². The summed E-state index contributed by atoms with van der Waals surface area (Å²) in [7, 11) is 0. The Labute approximate surface area is 99.6 Å². The van der Waals surface area contributed by atoms with Crippen LogP contribution >= 0.6 is 0 Å². The van der Waals surface area contributed by atoms with Crippen LogP contribution in [0.1, 0.15) is 18.1 Å². The summed E-state index contributed by atoms with van der Waals surface area (Å²) in [5, 5.41) is 6.99. The second-order valence-corrected chi connectivity index (χ2v) is 4.15. The molecule has 4 heteroatoms. The number of halogens is 1. The Hall–Kier alpha value is -1.68. The molecule has 1 atom stereocenters. The first-order valence-electron chi connectivity index (χ1n) is 5.60. The summed E-state index contributed by atoms with van der Waals surface area (Å²) in [6.45, 7) is 2.82. The van der Waals surface area contributed by atoms with Gasteiger partial charge in [-0.3, -0.25) is 0 Å². The lowest BCUT2D eigenvalue weighted by Crippen LogP contribution is -2.27. The van der Waals surface area contributed by atoms with Crippen molar-refractivity contribution in [1.29, 1.82) is 0 Å². The highest BCUT2D eigenvalue weighted by molar-refractivity contribution is 5.17. The van der Waals surface area contributed by atoms with Gasteiger partial charge in [0.1, 0.15) is 12.1 Å². The van der Waals surface area contributed by atoms with Crippen molar-refractivity contribution < 1.29 is 8.91 Å². The van der Waals surface area contributed by atoms with Gasteiger partial charge in [0.25, 0.3) is 0 Å². The Bertz CT molecular complexity index is 439. The zero-order chi connectivity index (χ0) is 12.1. The van der Waals surface area contributed by atoms with Crippen molar-refractivity contribution >= 4 is 0 Å². The number of nitrogens with zero attached hydrogens (tertiary/aromatic N) is 1. The summed E-state index contributed by atoms with van der Waals surface area (Å²) in [5.41, 5.74) is 2.15. The topological polar surface area (TPSA) is 38.1 Å². The van der Waals surface area contributed by atoms with Crippen molar-refractivity contribution in [3.8, 4) is 0 Å². The summed E-state index contributed by atoms with van der Waals surface area (Å²) in [6.07, 6.45) is 4.18. The molecular formula is C13H15FN2O. The molecule has 0 saturated heterocycles. The normalized spacial score (nSPS) is 12.6. The van der Waals surface area contributed by atoms with Crippen LogP contribution < -0.4 is 5.32 Å². The lowest BCUT2D eigenvalue weighted by molar-refractivity contribution is 0.418. The second-order valence-electron chi connectivity index (χ2n) is 4.15. The van der Waals surface area contributed by atoms with Crippen LogP contribution in [0.3, 0.4) is 0 Å². The van der Waals surface area contributed by atoms with Gasteiger partial charge >= 0.3 is 0 Å². The maximum absolute atomic E-state index is 12.7. The van der Waals surface area contributed by atoms with Crippen LogP contribution in [0.15, 0.2) is 41.2 Å². The number of hydrogen-bond donors (Lipinski definition) is 1. The molecule has 0 saturated carbocycles. The quantitative estimate of drug-likeness (QED) is 0.864. The van der Waals surface area contributed by atoms with E-state index in [1.54, 1.807) is 12.5 Å². The first-order valence-corrected chi connectivity index (χ1v) is 5.60. The maximum atomic E-state index is 12.7. The third-order valence-electron chi connectivity index (χ3n) is 2.59. The molecule has 1 aromatic heterocycles. The van der Waals surface area contributed by atoms with Gasteiger partial charge in [0.15, 0.2) is 0 Å². The minimum atomic E-state index is -0.196. The molecule has 0 amide bonds.